The number of ketones is 1. The minimum Gasteiger partial charge on any atom is -0.299 e. The molecule has 2 rings (SSSR count). The van der Waals surface area contributed by atoms with Gasteiger partial charge in [-0.2, -0.15) is 0 Å². The largest absolute Gasteiger partial charge is 0.299 e. The summed E-state index contributed by atoms with van der Waals surface area (Å²) in [5, 5.41) is 0.775. The minimum atomic E-state index is 0.0726. The van der Waals surface area contributed by atoms with Crippen LogP contribution in [0.25, 0.3) is 0 Å². The summed E-state index contributed by atoms with van der Waals surface area (Å²) < 4.78 is 0. The number of Topliss-reactive ketones (excluding diaryl/α,β-unsaturated/α-hetero) is 1. The van der Waals surface area contributed by atoms with E-state index in [9.17, 15) is 4.79 Å². The van der Waals surface area contributed by atoms with Crippen molar-refractivity contribution in [1.29, 1.82) is 0 Å². The Balaban J connectivity index is 2.24. The van der Waals surface area contributed by atoms with E-state index in [4.69, 9.17) is 11.6 Å². The molecule has 0 aromatic heterocycles. The molecule has 0 saturated heterocycles. The lowest BCUT2D eigenvalue weighted by molar-refractivity contribution is -0.121. The lowest BCUT2D eigenvalue weighted by Gasteiger charge is -2.11. The van der Waals surface area contributed by atoms with E-state index in [1.54, 1.807) is 0 Å². The molecule has 20 heavy (non-hydrogen) atoms. The van der Waals surface area contributed by atoms with Gasteiger partial charge in [0.1, 0.15) is 5.78 Å². The molecule has 2 heteroatoms. The predicted octanol–water partition coefficient (Wildman–Crippen LogP) is 4.70. The summed E-state index contributed by atoms with van der Waals surface area (Å²) in [7, 11) is 0. The van der Waals surface area contributed by atoms with Gasteiger partial charge in [-0.3, -0.25) is 4.79 Å². The average molecular weight is 287 g/mol. The third kappa shape index (κ3) is 3.71. The molecule has 0 atom stereocenters. The van der Waals surface area contributed by atoms with Crippen molar-refractivity contribution in [3.63, 3.8) is 0 Å². The van der Waals surface area contributed by atoms with Crippen LogP contribution in [0.3, 0.4) is 0 Å². The molecule has 0 bridgehead atoms. The summed E-state index contributed by atoms with van der Waals surface area (Å²) in [6, 6.07) is 16.0. The lowest BCUT2D eigenvalue weighted by atomic mass is 9.94. The van der Waals surface area contributed by atoms with E-state index in [-0.39, 0.29) is 11.7 Å². The Morgan fingerprint density at radius 2 is 1.50 bits per heavy atom. The normalized spacial score (nSPS) is 10.8. The van der Waals surface area contributed by atoms with E-state index in [0.29, 0.717) is 6.42 Å². The maximum Gasteiger partial charge on any atom is 0.139 e. The zero-order chi connectivity index (χ0) is 14.5. The fourth-order valence-electron chi connectivity index (χ4n) is 2.14. The maximum atomic E-state index is 12.0. The van der Waals surface area contributed by atoms with Crippen LogP contribution in [-0.4, -0.2) is 5.78 Å². The fraction of sp³-hybridized carbons (Fsp3) is 0.278. The molecule has 2 aromatic carbocycles. The minimum absolute atomic E-state index is 0.0726. The number of rotatable bonds is 5. The highest BCUT2D eigenvalue weighted by atomic mass is 35.5. The molecule has 0 aliphatic rings. The molecule has 0 aliphatic carbocycles. The quantitative estimate of drug-likeness (QED) is 0.779. The molecule has 104 valence electrons. The first-order valence-electron chi connectivity index (χ1n) is 6.91. The van der Waals surface area contributed by atoms with E-state index < -0.39 is 0 Å². The van der Waals surface area contributed by atoms with E-state index in [2.05, 4.69) is 6.07 Å². The van der Waals surface area contributed by atoms with Crippen molar-refractivity contribution >= 4 is 17.4 Å². The van der Waals surface area contributed by atoms with Crippen LogP contribution < -0.4 is 0 Å². The molecule has 0 spiro atoms. The Hall–Kier alpha value is -1.60. The second-order valence-corrected chi connectivity index (χ2v) is 5.74. The van der Waals surface area contributed by atoms with Gasteiger partial charge in [0.05, 0.1) is 0 Å². The van der Waals surface area contributed by atoms with Gasteiger partial charge in [-0.25, -0.2) is 0 Å². The molecular formula is C18H19ClO. The van der Waals surface area contributed by atoms with Crippen LogP contribution in [-0.2, 0) is 17.6 Å². The van der Waals surface area contributed by atoms with Crippen LogP contribution in [0, 0.1) is 5.92 Å². The van der Waals surface area contributed by atoms with Crippen molar-refractivity contribution < 1.29 is 4.79 Å². The van der Waals surface area contributed by atoms with E-state index >= 15 is 0 Å². The number of benzene rings is 2. The van der Waals surface area contributed by atoms with Crippen LogP contribution in [0.4, 0.5) is 0 Å². The summed E-state index contributed by atoms with van der Waals surface area (Å²) in [5.74, 6) is 0.347. The molecule has 0 radical (unpaired) electrons. The Morgan fingerprint density at radius 1 is 0.950 bits per heavy atom. The molecule has 0 amide bonds. The molecule has 1 nitrogen and oxygen atoms in total. The highest BCUT2D eigenvalue weighted by molar-refractivity contribution is 6.31. The van der Waals surface area contributed by atoms with Crippen molar-refractivity contribution in [2.75, 3.05) is 0 Å². The van der Waals surface area contributed by atoms with Gasteiger partial charge in [0.2, 0.25) is 0 Å². The van der Waals surface area contributed by atoms with Crippen LogP contribution in [0.2, 0.25) is 5.02 Å². The molecule has 0 fully saturated rings. The standard InChI is InChI=1S/C18H19ClO/c1-13(2)18(20)12-15-8-4-3-7-14(15)11-16-9-5-6-10-17(16)19/h3-10,13H,11-12H2,1-2H3. The van der Waals surface area contributed by atoms with Crippen molar-refractivity contribution in [1.82, 2.24) is 0 Å². The lowest BCUT2D eigenvalue weighted by Crippen LogP contribution is -2.11. The van der Waals surface area contributed by atoms with Crippen molar-refractivity contribution in [3.8, 4) is 0 Å². The number of carbonyl (C=O) groups is 1. The number of carbonyl (C=O) groups excluding carboxylic acids is 1. The Kier molecular flexibility index (Phi) is 4.97. The Bertz CT molecular complexity index is 602. The van der Waals surface area contributed by atoms with Crippen LogP contribution in [0.1, 0.15) is 30.5 Å². The zero-order valence-corrected chi connectivity index (χ0v) is 12.7. The SMILES string of the molecule is CC(C)C(=O)Cc1ccccc1Cc1ccccc1Cl. The van der Waals surface area contributed by atoms with Crippen molar-refractivity contribution in [3.05, 3.63) is 70.2 Å². The first-order chi connectivity index (χ1) is 9.58. The van der Waals surface area contributed by atoms with E-state index in [1.165, 1.54) is 5.56 Å². The first kappa shape index (κ1) is 14.8. The highest BCUT2D eigenvalue weighted by Crippen LogP contribution is 2.21. The van der Waals surface area contributed by atoms with Gasteiger partial charge < -0.3 is 0 Å². The Labute approximate surface area is 125 Å². The van der Waals surface area contributed by atoms with Gasteiger partial charge in [0, 0.05) is 17.4 Å². The van der Waals surface area contributed by atoms with Gasteiger partial charge >= 0.3 is 0 Å². The van der Waals surface area contributed by atoms with Gasteiger partial charge in [0.15, 0.2) is 0 Å². The summed E-state index contributed by atoms with van der Waals surface area (Å²) >= 11 is 6.22. The smallest absolute Gasteiger partial charge is 0.139 e. The summed E-state index contributed by atoms with van der Waals surface area (Å²) in [5.41, 5.74) is 3.37. The van der Waals surface area contributed by atoms with Gasteiger partial charge in [0.25, 0.3) is 0 Å². The zero-order valence-electron chi connectivity index (χ0n) is 11.9. The third-order valence-electron chi connectivity index (χ3n) is 3.47. The molecular weight excluding hydrogens is 268 g/mol. The van der Waals surface area contributed by atoms with E-state index in [0.717, 1.165) is 22.6 Å². The molecule has 0 N–H and O–H groups in total. The number of hydrogen-bond donors (Lipinski definition) is 0. The molecule has 0 saturated carbocycles. The first-order valence-corrected chi connectivity index (χ1v) is 7.28. The Morgan fingerprint density at radius 3 is 2.10 bits per heavy atom. The third-order valence-corrected chi connectivity index (χ3v) is 3.83. The summed E-state index contributed by atoms with van der Waals surface area (Å²) in [6.07, 6.45) is 1.26. The van der Waals surface area contributed by atoms with Crippen LogP contribution >= 0.6 is 11.6 Å². The monoisotopic (exact) mass is 286 g/mol. The van der Waals surface area contributed by atoms with Crippen molar-refractivity contribution in [2.24, 2.45) is 5.92 Å². The fourth-order valence-corrected chi connectivity index (χ4v) is 2.34. The molecule has 0 heterocycles. The van der Waals surface area contributed by atoms with Gasteiger partial charge in [-0.1, -0.05) is 67.9 Å². The predicted molar refractivity (Wildman–Crippen MR) is 84.2 cm³/mol. The second-order valence-electron chi connectivity index (χ2n) is 5.33. The van der Waals surface area contributed by atoms with E-state index in [1.807, 2.05) is 56.3 Å². The van der Waals surface area contributed by atoms with Gasteiger partial charge in [-0.15, -0.1) is 0 Å². The van der Waals surface area contributed by atoms with Crippen LogP contribution in [0.15, 0.2) is 48.5 Å². The summed E-state index contributed by atoms with van der Waals surface area (Å²) in [4.78, 5) is 12.0. The highest BCUT2D eigenvalue weighted by Gasteiger charge is 2.12. The van der Waals surface area contributed by atoms with Crippen LogP contribution in [0.5, 0.6) is 0 Å². The molecule has 2 aromatic rings. The maximum absolute atomic E-state index is 12.0. The summed E-state index contributed by atoms with van der Waals surface area (Å²) in [6.45, 7) is 3.89. The molecule has 0 unspecified atom stereocenters. The topological polar surface area (TPSA) is 17.1 Å². The average Bonchev–Trinajstić information content (AvgIpc) is 2.43. The number of hydrogen-bond acceptors (Lipinski definition) is 1. The second kappa shape index (κ2) is 6.71. The molecule has 0 aliphatic heterocycles. The number of halogens is 1. The van der Waals surface area contributed by atoms with Gasteiger partial charge in [-0.05, 0) is 29.2 Å². The van der Waals surface area contributed by atoms with Crippen molar-refractivity contribution in [2.45, 2.75) is 26.7 Å².